The second-order valence-electron chi connectivity index (χ2n) is 5.03. The van der Waals surface area contributed by atoms with Crippen LogP contribution in [0.3, 0.4) is 0 Å². The van der Waals surface area contributed by atoms with Crippen LogP contribution in [0.5, 0.6) is 5.75 Å². The molecule has 2 rings (SSSR count). The molecule has 0 heterocycles. The Morgan fingerprint density at radius 3 is 2.58 bits per heavy atom. The Balaban J connectivity index is 2.33. The first-order valence-electron chi connectivity index (χ1n) is 7.47. The van der Waals surface area contributed by atoms with E-state index in [0.717, 1.165) is 5.56 Å². The van der Waals surface area contributed by atoms with Crippen molar-refractivity contribution in [1.82, 2.24) is 0 Å². The van der Waals surface area contributed by atoms with E-state index in [-0.39, 0.29) is 23.6 Å². The SMILES string of the molecule is CCOC(C)=Cc1c([N+](=O)[O-])ccc(OCc2ccccc2)c1F. The number of halogens is 1. The highest BCUT2D eigenvalue weighted by atomic mass is 19.1. The predicted octanol–water partition coefficient (Wildman–Crippen LogP) is 4.71. The Labute approximate surface area is 139 Å². The third-order valence-electron chi connectivity index (χ3n) is 3.27. The number of hydrogen-bond acceptors (Lipinski definition) is 4. The van der Waals surface area contributed by atoms with Crippen molar-refractivity contribution in [2.45, 2.75) is 20.5 Å². The quantitative estimate of drug-likeness (QED) is 0.419. The van der Waals surface area contributed by atoms with Gasteiger partial charge in [0.05, 0.1) is 22.9 Å². The summed E-state index contributed by atoms with van der Waals surface area (Å²) < 4.78 is 25.4. The molecule has 0 spiro atoms. The molecule has 0 N–H and O–H groups in total. The third-order valence-corrected chi connectivity index (χ3v) is 3.27. The van der Waals surface area contributed by atoms with Crippen LogP contribution >= 0.6 is 0 Å². The number of allylic oxidation sites excluding steroid dienone is 1. The summed E-state index contributed by atoms with van der Waals surface area (Å²) in [5.41, 5.74) is 0.382. The first-order valence-corrected chi connectivity index (χ1v) is 7.47. The van der Waals surface area contributed by atoms with Crippen molar-refractivity contribution in [2.75, 3.05) is 6.61 Å². The van der Waals surface area contributed by atoms with Crippen molar-refractivity contribution < 1.29 is 18.8 Å². The zero-order chi connectivity index (χ0) is 17.5. The summed E-state index contributed by atoms with van der Waals surface area (Å²) >= 11 is 0. The van der Waals surface area contributed by atoms with Gasteiger partial charge in [0, 0.05) is 6.07 Å². The van der Waals surface area contributed by atoms with Crippen molar-refractivity contribution in [3.63, 3.8) is 0 Å². The summed E-state index contributed by atoms with van der Waals surface area (Å²) in [5, 5.41) is 11.1. The van der Waals surface area contributed by atoms with Gasteiger partial charge in [-0.15, -0.1) is 0 Å². The molecule has 6 heteroatoms. The minimum Gasteiger partial charge on any atom is -0.498 e. The molecule has 0 aliphatic heterocycles. The van der Waals surface area contributed by atoms with Crippen LogP contribution in [0.4, 0.5) is 10.1 Å². The van der Waals surface area contributed by atoms with Gasteiger partial charge in [0.25, 0.3) is 5.69 Å². The monoisotopic (exact) mass is 331 g/mol. The molecular formula is C18H18FNO4. The molecule has 0 fully saturated rings. The van der Waals surface area contributed by atoms with E-state index in [2.05, 4.69) is 0 Å². The maximum absolute atomic E-state index is 14.7. The van der Waals surface area contributed by atoms with E-state index in [0.29, 0.717) is 12.4 Å². The van der Waals surface area contributed by atoms with E-state index in [1.165, 1.54) is 18.2 Å². The van der Waals surface area contributed by atoms with Crippen LogP contribution in [0.2, 0.25) is 0 Å². The molecule has 0 unspecified atom stereocenters. The van der Waals surface area contributed by atoms with Crippen molar-refractivity contribution in [3.8, 4) is 5.75 Å². The zero-order valence-electron chi connectivity index (χ0n) is 13.5. The normalized spacial score (nSPS) is 11.2. The van der Waals surface area contributed by atoms with Gasteiger partial charge >= 0.3 is 0 Å². The van der Waals surface area contributed by atoms with Gasteiger partial charge in [-0.1, -0.05) is 30.3 Å². The number of nitrogens with zero attached hydrogens (tertiary/aromatic N) is 1. The van der Waals surface area contributed by atoms with Gasteiger partial charge < -0.3 is 9.47 Å². The molecule has 0 bridgehead atoms. The number of nitro groups is 1. The van der Waals surface area contributed by atoms with Gasteiger partial charge in [0.2, 0.25) is 0 Å². The van der Waals surface area contributed by atoms with Gasteiger partial charge in [-0.05, 0) is 31.6 Å². The lowest BCUT2D eigenvalue weighted by atomic mass is 10.1. The molecule has 24 heavy (non-hydrogen) atoms. The molecule has 126 valence electrons. The number of ether oxygens (including phenoxy) is 2. The number of hydrogen-bond donors (Lipinski definition) is 0. The summed E-state index contributed by atoms with van der Waals surface area (Å²) in [6, 6.07) is 11.8. The van der Waals surface area contributed by atoms with Crippen molar-refractivity contribution in [2.24, 2.45) is 0 Å². The Bertz CT molecular complexity index is 744. The van der Waals surface area contributed by atoms with E-state index < -0.39 is 10.7 Å². The highest BCUT2D eigenvalue weighted by Gasteiger charge is 2.21. The van der Waals surface area contributed by atoms with Gasteiger partial charge in [-0.25, -0.2) is 4.39 Å². The first kappa shape index (κ1) is 17.5. The topological polar surface area (TPSA) is 61.6 Å². The smallest absolute Gasteiger partial charge is 0.279 e. The lowest BCUT2D eigenvalue weighted by Crippen LogP contribution is -2.01. The molecule has 0 amide bonds. The highest BCUT2D eigenvalue weighted by Crippen LogP contribution is 2.31. The summed E-state index contributed by atoms with van der Waals surface area (Å²) in [6.07, 6.45) is 1.31. The van der Waals surface area contributed by atoms with E-state index in [1.54, 1.807) is 13.8 Å². The summed E-state index contributed by atoms with van der Waals surface area (Å²) in [4.78, 5) is 10.5. The van der Waals surface area contributed by atoms with Crippen LogP contribution in [0.15, 0.2) is 48.2 Å². The van der Waals surface area contributed by atoms with Crippen LogP contribution in [0.25, 0.3) is 6.08 Å². The van der Waals surface area contributed by atoms with E-state index in [4.69, 9.17) is 9.47 Å². The maximum Gasteiger partial charge on any atom is 0.279 e. The van der Waals surface area contributed by atoms with Crippen LogP contribution in [0.1, 0.15) is 25.0 Å². The average molecular weight is 331 g/mol. The van der Waals surface area contributed by atoms with Gasteiger partial charge in [-0.2, -0.15) is 0 Å². The molecular weight excluding hydrogens is 313 g/mol. The summed E-state index contributed by atoms with van der Waals surface area (Å²) in [5.74, 6) is -0.432. The van der Waals surface area contributed by atoms with Crippen molar-refractivity contribution in [3.05, 3.63) is 75.3 Å². The minimum absolute atomic E-state index is 0.0417. The lowest BCUT2D eigenvalue weighted by Gasteiger charge is -2.10. The number of nitro benzene ring substituents is 1. The van der Waals surface area contributed by atoms with E-state index >= 15 is 0 Å². The molecule has 0 saturated carbocycles. The standard InChI is InChI=1S/C18H18FNO4/c1-3-23-13(2)11-15-16(20(21)22)9-10-17(18(15)19)24-12-14-7-5-4-6-8-14/h4-11H,3,12H2,1-2H3. The molecule has 0 atom stereocenters. The molecule has 2 aromatic rings. The van der Waals surface area contributed by atoms with Gasteiger partial charge in [-0.3, -0.25) is 10.1 Å². The predicted molar refractivity (Wildman–Crippen MR) is 89.1 cm³/mol. The van der Waals surface area contributed by atoms with Crippen LogP contribution in [-0.4, -0.2) is 11.5 Å². The van der Waals surface area contributed by atoms with E-state index in [9.17, 15) is 14.5 Å². The molecule has 5 nitrogen and oxygen atoms in total. The van der Waals surface area contributed by atoms with Crippen LogP contribution in [-0.2, 0) is 11.3 Å². The fraction of sp³-hybridized carbons (Fsp3) is 0.222. The zero-order valence-corrected chi connectivity index (χ0v) is 13.5. The van der Waals surface area contributed by atoms with Crippen LogP contribution < -0.4 is 4.74 Å². The Morgan fingerprint density at radius 2 is 1.96 bits per heavy atom. The largest absolute Gasteiger partial charge is 0.498 e. The Kier molecular flexibility index (Phi) is 5.89. The highest BCUT2D eigenvalue weighted by molar-refractivity contribution is 5.64. The molecule has 0 radical (unpaired) electrons. The number of rotatable bonds is 7. The molecule has 0 aromatic heterocycles. The summed E-state index contributed by atoms with van der Waals surface area (Å²) in [6.45, 7) is 3.96. The van der Waals surface area contributed by atoms with Gasteiger partial charge in [0.15, 0.2) is 11.6 Å². The Hall–Kier alpha value is -2.89. The first-order chi connectivity index (χ1) is 11.5. The maximum atomic E-state index is 14.7. The van der Waals surface area contributed by atoms with E-state index in [1.807, 2.05) is 30.3 Å². The number of benzene rings is 2. The lowest BCUT2D eigenvalue weighted by molar-refractivity contribution is -0.385. The van der Waals surface area contributed by atoms with Crippen molar-refractivity contribution >= 4 is 11.8 Å². The third kappa shape index (κ3) is 4.32. The minimum atomic E-state index is -0.779. The van der Waals surface area contributed by atoms with Gasteiger partial charge in [0.1, 0.15) is 6.61 Å². The molecule has 2 aromatic carbocycles. The molecule has 0 aliphatic rings. The summed E-state index contributed by atoms with van der Waals surface area (Å²) in [7, 11) is 0. The fourth-order valence-corrected chi connectivity index (χ4v) is 2.18. The molecule has 0 saturated heterocycles. The second-order valence-corrected chi connectivity index (χ2v) is 5.03. The average Bonchev–Trinajstić information content (AvgIpc) is 2.56. The Morgan fingerprint density at radius 1 is 1.25 bits per heavy atom. The molecule has 0 aliphatic carbocycles. The fourth-order valence-electron chi connectivity index (χ4n) is 2.18. The second kappa shape index (κ2) is 8.10. The van der Waals surface area contributed by atoms with Crippen molar-refractivity contribution in [1.29, 1.82) is 0 Å². The van der Waals surface area contributed by atoms with Crippen LogP contribution in [0, 0.1) is 15.9 Å².